The third-order valence-corrected chi connectivity index (χ3v) is 7.74. The van der Waals surface area contributed by atoms with Crippen molar-refractivity contribution in [2.45, 2.75) is 57.7 Å². The van der Waals surface area contributed by atoms with Crippen LogP contribution in [0.15, 0.2) is 36.4 Å². The molecule has 1 aromatic heterocycles. The molecule has 4 amide bonds. The summed E-state index contributed by atoms with van der Waals surface area (Å²) in [6.07, 6.45) is -1.30. The number of nitrogens with zero attached hydrogens (tertiary/aromatic N) is 5. The van der Waals surface area contributed by atoms with Gasteiger partial charge in [-0.1, -0.05) is 18.2 Å². The van der Waals surface area contributed by atoms with Crippen molar-refractivity contribution in [3.8, 4) is 11.6 Å². The Labute approximate surface area is 264 Å². The fourth-order valence-electron chi connectivity index (χ4n) is 5.37. The van der Waals surface area contributed by atoms with Crippen LogP contribution in [-0.2, 0) is 23.9 Å². The normalized spacial score (nSPS) is 17.6. The van der Waals surface area contributed by atoms with Crippen molar-refractivity contribution in [3.63, 3.8) is 0 Å². The molecule has 4 rings (SSSR count). The first-order chi connectivity index (χ1) is 22.0. The summed E-state index contributed by atoms with van der Waals surface area (Å²) < 4.78 is 12.3. The quantitative estimate of drug-likeness (QED) is 0.298. The first-order valence-corrected chi connectivity index (χ1v) is 15.1. The molecule has 2 aromatic rings. The van der Waals surface area contributed by atoms with E-state index >= 15 is 0 Å². The van der Waals surface area contributed by atoms with Crippen molar-refractivity contribution in [2.75, 3.05) is 39.3 Å². The Morgan fingerprint density at radius 2 is 1.65 bits per heavy atom. The maximum atomic E-state index is 13.5. The number of likely N-dealkylation sites (tertiary alicyclic amines) is 1. The van der Waals surface area contributed by atoms with E-state index in [0.29, 0.717) is 18.5 Å². The Morgan fingerprint density at radius 3 is 2.28 bits per heavy atom. The third kappa shape index (κ3) is 8.11. The third-order valence-electron chi connectivity index (χ3n) is 7.74. The number of piperazine rings is 1. The first-order valence-electron chi connectivity index (χ1n) is 15.1. The molecule has 16 nitrogen and oxygen atoms in total. The lowest BCUT2D eigenvalue weighted by molar-refractivity contribution is -0.151. The second-order valence-corrected chi connectivity index (χ2v) is 10.9. The number of hydrogen-bond donors (Lipinski definition) is 3. The Bertz CT molecular complexity index is 1440. The van der Waals surface area contributed by atoms with Gasteiger partial charge in [-0.3, -0.25) is 19.2 Å². The van der Waals surface area contributed by atoms with Gasteiger partial charge in [0.25, 0.3) is 11.8 Å². The number of nitrogens with one attached hydrogen (secondary N) is 1. The van der Waals surface area contributed by atoms with Crippen molar-refractivity contribution in [1.29, 1.82) is 0 Å². The summed E-state index contributed by atoms with van der Waals surface area (Å²) in [5, 5.41) is 25.7. The number of carboxylic acid groups (broad SMARTS) is 2. The highest BCUT2D eigenvalue weighted by Gasteiger charge is 2.37. The summed E-state index contributed by atoms with van der Waals surface area (Å²) in [6.45, 7) is 4.43. The SMILES string of the molecule is CCOC(=O)N1CCN(C(=O)C(CCC(=O)O)NC(=O)c2cc(O[C@@H](C)C(=O)N3CCC[C@H]3C(=O)O)n(-c3ccccc3)n2)CC1. The number of rotatable bonds is 12. The van der Waals surface area contributed by atoms with Gasteiger partial charge in [0.05, 0.1) is 12.3 Å². The molecule has 2 aliphatic heterocycles. The van der Waals surface area contributed by atoms with Crippen molar-refractivity contribution in [3.05, 3.63) is 42.1 Å². The number of aliphatic carboxylic acids is 2. The van der Waals surface area contributed by atoms with E-state index in [9.17, 15) is 39.0 Å². The molecule has 46 heavy (non-hydrogen) atoms. The number of para-hydroxylation sites is 1. The van der Waals surface area contributed by atoms with Crippen LogP contribution in [0.4, 0.5) is 4.79 Å². The monoisotopic (exact) mass is 642 g/mol. The van der Waals surface area contributed by atoms with Crippen LogP contribution in [0.2, 0.25) is 0 Å². The molecule has 0 spiro atoms. The molecule has 0 saturated carbocycles. The maximum Gasteiger partial charge on any atom is 0.409 e. The van der Waals surface area contributed by atoms with Crippen LogP contribution in [0.3, 0.4) is 0 Å². The predicted molar refractivity (Wildman–Crippen MR) is 159 cm³/mol. The largest absolute Gasteiger partial charge is 0.481 e. The topological polar surface area (TPSA) is 201 Å². The number of aromatic nitrogens is 2. The zero-order valence-corrected chi connectivity index (χ0v) is 25.7. The number of carboxylic acids is 2. The maximum absolute atomic E-state index is 13.5. The number of benzene rings is 1. The zero-order valence-electron chi connectivity index (χ0n) is 25.7. The van der Waals surface area contributed by atoms with E-state index in [-0.39, 0.29) is 63.7 Å². The molecule has 16 heteroatoms. The smallest absolute Gasteiger partial charge is 0.409 e. The van der Waals surface area contributed by atoms with Crippen LogP contribution in [0.25, 0.3) is 5.69 Å². The molecule has 3 atom stereocenters. The molecular weight excluding hydrogens is 604 g/mol. The Kier molecular flexibility index (Phi) is 11.2. The van der Waals surface area contributed by atoms with E-state index in [1.807, 2.05) is 0 Å². The molecule has 2 aliphatic rings. The van der Waals surface area contributed by atoms with E-state index in [0.717, 1.165) is 0 Å². The van der Waals surface area contributed by atoms with Crippen LogP contribution < -0.4 is 10.1 Å². The molecule has 3 N–H and O–H groups in total. The van der Waals surface area contributed by atoms with Gasteiger partial charge in [-0.15, -0.1) is 0 Å². The van der Waals surface area contributed by atoms with Crippen LogP contribution in [-0.4, -0.2) is 128 Å². The molecule has 0 radical (unpaired) electrons. The van der Waals surface area contributed by atoms with Gasteiger partial charge in [-0.2, -0.15) is 5.10 Å². The second kappa shape index (κ2) is 15.2. The van der Waals surface area contributed by atoms with E-state index in [1.165, 1.54) is 32.4 Å². The van der Waals surface area contributed by atoms with Gasteiger partial charge in [0.15, 0.2) is 11.8 Å². The lowest BCUT2D eigenvalue weighted by Gasteiger charge is -2.35. The minimum absolute atomic E-state index is 0.0202. The fraction of sp³-hybridized carbons (Fsp3) is 0.500. The molecule has 3 heterocycles. The molecular formula is C30H38N6O10. The molecule has 0 bridgehead atoms. The molecule has 1 aromatic carbocycles. The first kappa shape index (κ1) is 33.7. The average molecular weight is 643 g/mol. The summed E-state index contributed by atoms with van der Waals surface area (Å²) in [5.74, 6) is -4.04. The summed E-state index contributed by atoms with van der Waals surface area (Å²) in [5.41, 5.74) is 0.335. The van der Waals surface area contributed by atoms with Crippen molar-refractivity contribution < 1.29 is 48.5 Å². The Morgan fingerprint density at radius 1 is 0.978 bits per heavy atom. The number of carbonyl (C=O) groups is 6. The van der Waals surface area contributed by atoms with Crippen LogP contribution in [0, 0.1) is 0 Å². The van der Waals surface area contributed by atoms with Gasteiger partial charge < -0.3 is 39.7 Å². The minimum atomic E-state index is -1.20. The van der Waals surface area contributed by atoms with Gasteiger partial charge in [-0.05, 0) is 45.2 Å². The standard InChI is InChI=1S/C30H38N6O10/c1-3-45-30(44)34-16-14-33(15-17-34)28(41)21(11-12-25(37)38)31-26(39)22-18-24(36(32-22)20-8-5-4-6-9-20)46-19(2)27(40)35-13-7-10-23(35)29(42)43/h4-6,8-9,18-19,21,23H,3,7,10-17H2,1-2H3,(H,31,39)(H,37,38)(H,42,43)/t19-,21?,23-/m0/s1. The van der Waals surface area contributed by atoms with Crippen LogP contribution in [0.1, 0.15) is 50.0 Å². The zero-order chi connectivity index (χ0) is 33.4. The number of amides is 4. The molecule has 2 saturated heterocycles. The summed E-state index contributed by atoms with van der Waals surface area (Å²) in [6, 6.07) is 7.78. The van der Waals surface area contributed by atoms with E-state index in [4.69, 9.17) is 9.47 Å². The second-order valence-electron chi connectivity index (χ2n) is 10.9. The lowest BCUT2D eigenvalue weighted by atomic mass is 10.1. The molecule has 248 valence electrons. The van der Waals surface area contributed by atoms with Crippen molar-refractivity contribution in [1.82, 2.24) is 29.8 Å². The molecule has 2 fully saturated rings. The highest BCUT2D eigenvalue weighted by Crippen LogP contribution is 2.24. The van der Waals surface area contributed by atoms with E-state index < -0.39 is 53.9 Å². The highest BCUT2D eigenvalue weighted by atomic mass is 16.6. The number of carbonyl (C=O) groups excluding carboxylic acids is 4. The van der Waals surface area contributed by atoms with Crippen LogP contribution >= 0.6 is 0 Å². The van der Waals surface area contributed by atoms with Gasteiger partial charge in [-0.25, -0.2) is 14.3 Å². The minimum Gasteiger partial charge on any atom is -0.481 e. The van der Waals surface area contributed by atoms with Crippen molar-refractivity contribution in [2.24, 2.45) is 0 Å². The molecule has 1 unspecified atom stereocenters. The molecule has 0 aliphatic carbocycles. The highest BCUT2D eigenvalue weighted by molar-refractivity contribution is 5.96. The van der Waals surface area contributed by atoms with Gasteiger partial charge in [0.1, 0.15) is 12.1 Å². The Hall–Kier alpha value is -5.15. The van der Waals surface area contributed by atoms with E-state index in [2.05, 4.69) is 10.4 Å². The Balaban J connectivity index is 1.52. The van der Waals surface area contributed by atoms with Crippen LogP contribution in [0.5, 0.6) is 5.88 Å². The fourth-order valence-corrected chi connectivity index (χ4v) is 5.37. The van der Waals surface area contributed by atoms with Gasteiger partial charge in [0.2, 0.25) is 11.8 Å². The lowest BCUT2D eigenvalue weighted by Crippen LogP contribution is -2.56. The predicted octanol–water partition coefficient (Wildman–Crippen LogP) is 0.979. The van der Waals surface area contributed by atoms with Gasteiger partial charge in [0, 0.05) is 45.2 Å². The number of hydrogen-bond acceptors (Lipinski definition) is 9. The summed E-state index contributed by atoms with van der Waals surface area (Å²) in [7, 11) is 0. The summed E-state index contributed by atoms with van der Waals surface area (Å²) in [4.78, 5) is 79.3. The van der Waals surface area contributed by atoms with Crippen molar-refractivity contribution >= 4 is 35.8 Å². The van der Waals surface area contributed by atoms with Gasteiger partial charge >= 0.3 is 18.0 Å². The average Bonchev–Trinajstić information content (AvgIpc) is 3.71. The summed E-state index contributed by atoms with van der Waals surface area (Å²) >= 11 is 0. The van der Waals surface area contributed by atoms with E-state index in [1.54, 1.807) is 37.3 Å². The number of ether oxygens (including phenoxy) is 2.